The Kier molecular flexibility index (Phi) is 3.98. The van der Waals surface area contributed by atoms with Crippen molar-refractivity contribution in [2.24, 2.45) is 0 Å². The predicted molar refractivity (Wildman–Crippen MR) is 84.3 cm³/mol. The lowest BCUT2D eigenvalue weighted by atomic mass is 10.1. The molecular formula is C17H13F2NOS. The van der Waals surface area contributed by atoms with Crippen molar-refractivity contribution in [2.75, 3.05) is 0 Å². The molecule has 0 aliphatic rings. The van der Waals surface area contributed by atoms with Crippen LogP contribution in [-0.2, 0) is 0 Å². The average molecular weight is 317 g/mol. The van der Waals surface area contributed by atoms with Crippen molar-refractivity contribution in [3.63, 3.8) is 0 Å². The van der Waals surface area contributed by atoms with Gasteiger partial charge in [-0.25, -0.2) is 8.78 Å². The van der Waals surface area contributed by atoms with Crippen LogP contribution in [0.2, 0.25) is 0 Å². The predicted octanol–water partition coefficient (Wildman–Crippen LogP) is 4.81. The summed E-state index contributed by atoms with van der Waals surface area (Å²) in [6.45, 7) is 1.76. The molecule has 0 amide bonds. The molecule has 22 heavy (non-hydrogen) atoms. The maximum atomic E-state index is 13.2. The molecule has 0 saturated carbocycles. The Morgan fingerprint density at radius 3 is 2.68 bits per heavy atom. The topological polar surface area (TPSA) is 32.9 Å². The minimum Gasteiger partial charge on any atom is -0.360 e. The van der Waals surface area contributed by atoms with Crippen molar-refractivity contribution in [1.29, 1.82) is 0 Å². The second-order valence-corrected chi connectivity index (χ2v) is 6.36. The number of nitrogens with one attached hydrogen (secondary N) is 1. The quantitative estimate of drug-likeness (QED) is 0.553. The van der Waals surface area contributed by atoms with Crippen LogP contribution in [0.5, 0.6) is 0 Å². The van der Waals surface area contributed by atoms with E-state index in [-0.39, 0.29) is 5.78 Å². The standard InChI is InChI=1S/C17H13F2NOS/c1-10(22-11-6-7-14(18)15(19)8-11)17(21)13-9-20-16-5-3-2-4-12(13)16/h2-10,20H,1H3/t10-/m1/s1. The Morgan fingerprint density at radius 1 is 1.14 bits per heavy atom. The Balaban J connectivity index is 1.83. The molecule has 2 aromatic carbocycles. The van der Waals surface area contributed by atoms with Crippen molar-refractivity contribution in [2.45, 2.75) is 17.1 Å². The van der Waals surface area contributed by atoms with Gasteiger partial charge in [0, 0.05) is 27.6 Å². The van der Waals surface area contributed by atoms with Gasteiger partial charge in [-0.05, 0) is 31.2 Å². The lowest BCUT2D eigenvalue weighted by Crippen LogP contribution is -2.13. The SMILES string of the molecule is C[C@@H](Sc1ccc(F)c(F)c1)C(=O)c1c[nH]c2ccccc12. The number of H-pyrrole nitrogens is 1. The number of thioether (sulfide) groups is 1. The zero-order valence-corrected chi connectivity index (χ0v) is 12.6. The number of aromatic amines is 1. The third kappa shape index (κ3) is 2.76. The molecule has 1 heterocycles. The Labute approximate surface area is 130 Å². The summed E-state index contributed by atoms with van der Waals surface area (Å²) in [5.74, 6) is -1.84. The number of ketones is 1. The summed E-state index contributed by atoms with van der Waals surface area (Å²) in [5.41, 5.74) is 1.51. The summed E-state index contributed by atoms with van der Waals surface area (Å²) in [4.78, 5) is 16.2. The highest BCUT2D eigenvalue weighted by Crippen LogP contribution is 2.29. The van der Waals surface area contributed by atoms with Gasteiger partial charge in [0.25, 0.3) is 0 Å². The highest BCUT2D eigenvalue weighted by molar-refractivity contribution is 8.00. The fourth-order valence-electron chi connectivity index (χ4n) is 2.30. The van der Waals surface area contributed by atoms with Crippen LogP contribution in [0.3, 0.4) is 0 Å². The molecular weight excluding hydrogens is 304 g/mol. The maximum Gasteiger partial charge on any atom is 0.178 e. The number of Topliss-reactive ketones (excluding diaryl/α,β-unsaturated/α-hetero) is 1. The largest absolute Gasteiger partial charge is 0.360 e. The average Bonchev–Trinajstić information content (AvgIpc) is 2.94. The molecule has 3 aromatic rings. The molecule has 0 aliphatic heterocycles. The van der Waals surface area contributed by atoms with Crippen LogP contribution in [-0.4, -0.2) is 16.0 Å². The van der Waals surface area contributed by atoms with Crippen molar-refractivity contribution in [3.05, 3.63) is 65.9 Å². The number of carbonyl (C=O) groups excluding carboxylic acids is 1. The van der Waals surface area contributed by atoms with Gasteiger partial charge in [-0.15, -0.1) is 11.8 Å². The van der Waals surface area contributed by atoms with E-state index in [1.54, 1.807) is 13.1 Å². The zero-order chi connectivity index (χ0) is 15.7. The van der Waals surface area contributed by atoms with Crippen molar-refractivity contribution >= 4 is 28.4 Å². The van der Waals surface area contributed by atoms with E-state index in [9.17, 15) is 13.6 Å². The summed E-state index contributed by atoms with van der Waals surface area (Å²) < 4.78 is 26.2. The van der Waals surface area contributed by atoms with E-state index in [1.165, 1.54) is 17.8 Å². The molecule has 0 spiro atoms. The minimum absolute atomic E-state index is 0.0489. The van der Waals surface area contributed by atoms with E-state index in [4.69, 9.17) is 0 Å². The van der Waals surface area contributed by atoms with Crippen LogP contribution in [0.4, 0.5) is 8.78 Å². The first-order valence-corrected chi connectivity index (χ1v) is 7.66. The zero-order valence-electron chi connectivity index (χ0n) is 11.8. The number of carbonyl (C=O) groups is 1. The normalized spacial score (nSPS) is 12.5. The van der Waals surface area contributed by atoms with Crippen LogP contribution < -0.4 is 0 Å². The van der Waals surface area contributed by atoms with E-state index in [2.05, 4.69) is 4.98 Å². The van der Waals surface area contributed by atoms with Crippen molar-refractivity contribution in [3.8, 4) is 0 Å². The number of para-hydroxylation sites is 1. The van der Waals surface area contributed by atoms with Gasteiger partial charge in [0.05, 0.1) is 5.25 Å². The lowest BCUT2D eigenvalue weighted by molar-refractivity contribution is 0.0995. The van der Waals surface area contributed by atoms with Crippen LogP contribution >= 0.6 is 11.8 Å². The van der Waals surface area contributed by atoms with Gasteiger partial charge in [0.2, 0.25) is 0 Å². The first-order chi connectivity index (χ1) is 10.6. The Bertz CT molecular complexity index is 844. The smallest absolute Gasteiger partial charge is 0.178 e. The summed E-state index contributed by atoms with van der Waals surface area (Å²) >= 11 is 1.21. The fraction of sp³-hybridized carbons (Fsp3) is 0.118. The van der Waals surface area contributed by atoms with Crippen LogP contribution in [0.15, 0.2) is 53.6 Å². The molecule has 0 unspecified atom stereocenters. The van der Waals surface area contributed by atoms with Gasteiger partial charge in [0.15, 0.2) is 17.4 Å². The van der Waals surface area contributed by atoms with E-state index < -0.39 is 16.9 Å². The number of aromatic nitrogens is 1. The summed E-state index contributed by atoms with van der Waals surface area (Å²) in [5, 5.41) is 0.467. The summed E-state index contributed by atoms with van der Waals surface area (Å²) in [6.07, 6.45) is 1.69. The molecule has 0 aliphatic carbocycles. The second-order valence-electron chi connectivity index (χ2n) is 4.95. The number of fused-ring (bicyclic) bond motifs is 1. The van der Waals surface area contributed by atoms with Crippen molar-refractivity contribution < 1.29 is 13.6 Å². The number of rotatable bonds is 4. The highest BCUT2D eigenvalue weighted by Gasteiger charge is 2.20. The van der Waals surface area contributed by atoms with Crippen LogP contribution in [0.25, 0.3) is 10.9 Å². The van der Waals surface area contributed by atoms with Gasteiger partial charge < -0.3 is 4.98 Å². The van der Waals surface area contributed by atoms with Gasteiger partial charge in [-0.1, -0.05) is 18.2 Å². The molecule has 5 heteroatoms. The van der Waals surface area contributed by atoms with E-state index in [0.717, 1.165) is 23.0 Å². The molecule has 1 N–H and O–H groups in total. The Morgan fingerprint density at radius 2 is 1.91 bits per heavy atom. The summed E-state index contributed by atoms with van der Waals surface area (Å²) in [7, 11) is 0. The molecule has 2 nitrogen and oxygen atoms in total. The fourth-order valence-corrected chi connectivity index (χ4v) is 3.26. The van der Waals surface area contributed by atoms with Crippen LogP contribution in [0.1, 0.15) is 17.3 Å². The molecule has 3 rings (SSSR count). The van der Waals surface area contributed by atoms with E-state index in [0.29, 0.717) is 10.5 Å². The number of benzene rings is 2. The summed E-state index contributed by atoms with van der Waals surface area (Å²) in [6, 6.07) is 11.2. The molecule has 1 aromatic heterocycles. The number of hydrogen-bond donors (Lipinski definition) is 1. The molecule has 0 bridgehead atoms. The third-order valence-electron chi connectivity index (χ3n) is 3.43. The first kappa shape index (κ1) is 14.8. The van der Waals surface area contributed by atoms with Gasteiger partial charge in [-0.3, -0.25) is 4.79 Å². The molecule has 1 atom stereocenters. The van der Waals surface area contributed by atoms with Gasteiger partial charge in [-0.2, -0.15) is 0 Å². The molecule has 0 saturated heterocycles. The second kappa shape index (κ2) is 5.93. The van der Waals surface area contributed by atoms with Gasteiger partial charge in [0.1, 0.15) is 0 Å². The maximum absolute atomic E-state index is 13.2. The monoisotopic (exact) mass is 317 g/mol. The number of hydrogen-bond acceptors (Lipinski definition) is 2. The van der Waals surface area contributed by atoms with Crippen LogP contribution in [0, 0.1) is 11.6 Å². The van der Waals surface area contributed by atoms with Gasteiger partial charge >= 0.3 is 0 Å². The van der Waals surface area contributed by atoms with E-state index in [1.807, 2.05) is 24.3 Å². The van der Waals surface area contributed by atoms with E-state index >= 15 is 0 Å². The molecule has 112 valence electrons. The minimum atomic E-state index is -0.906. The molecule has 0 radical (unpaired) electrons. The molecule has 0 fully saturated rings. The Hall–Kier alpha value is -2.14. The lowest BCUT2D eigenvalue weighted by Gasteiger charge is -2.10. The number of halogens is 2. The third-order valence-corrected chi connectivity index (χ3v) is 4.52. The van der Waals surface area contributed by atoms with Crippen molar-refractivity contribution in [1.82, 2.24) is 4.98 Å². The first-order valence-electron chi connectivity index (χ1n) is 6.78. The highest BCUT2D eigenvalue weighted by atomic mass is 32.2.